The van der Waals surface area contributed by atoms with E-state index < -0.39 is 4.92 Å². The number of hydrogen-bond acceptors (Lipinski definition) is 3. The average Bonchev–Trinajstić information content (AvgIpc) is 2.41. The van der Waals surface area contributed by atoms with Crippen LogP contribution in [0.4, 0.5) is 5.69 Å². The van der Waals surface area contributed by atoms with E-state index in [0.717, 1.165) is 11.1 Å². The van der Waals surface area contributed by atoms with Gasteiger partial charge in [0, 0.05) is 18.2 Å². The fraction of sp³-hybridized carbons (Fsp3) is 0.143. The minimum Gasteiger partial charge on any atom is -0.324 e. The van der Waals surface area contributed by atoms with Gasteiger partial charge in [0.05, 0.1) is 9.95 Å². The molecule has 2 rings (SSSR count). The molecule has 98 valence electrons. The first-order chi connectivity index (χ1) is 9.08. The zero-order valence-corrected chi connectivity index (χ0v) is 10.9. The maximum absolute atomic E-state index is 10.6. The highest BCUT2D eigenvalue weighted by molar-refractivity contribution is 6.31. The maximum Gasteiger partial charge on any atom is 0.270 e. The summed E-state index contributed by atoms with van der Waals surface area (Å²) in [6.07, 6.45) is 0.543. The first kappa shape index (κ1) is 13.5. The van der Waals surface area contributed by atoms with E-state index in [-0.39, 0.29) is 11.7 Å². The lowest BCUT2D eigenvalue weighted by Crippen LogP contribution is -2.13. The molecule has 1 unspecified atom stereocenters. The van der Waals surface area contributed by atoms with Gasteiger partial charge in [-0.1, -0.05) is 48.0 Å². The van der Waals surface area contributed by atoms with E-state index in [1.54, 1.807) is 6.07 Å². The molecule has 2 N–H and O–H groups in total. The first-order valence-electron chi connectivity index (χ1n) is 5.81. The molecule has 0 aromatic heterocycles. The molecule has 0 aliphatic rings. The van der Waals surface area contributed by atoms with Crippen LogP contribution in [0.5, 0.6) is 0 Å². The minimum absolute atomic E-state index is 0.0120. The van der Waals surface area contributed by atoms with Crippen molar-refractivity contribution in [3.8, 4) is 0 Å². The van der Waals surface area contributed by atoms with E-state index in [4.69, 9.17) is 17.3 Å². The van der Waals surface area contributed by atoms with Gasteiger partial charge in [0.1, 0.15) is 0 Å². The summed E-state index contributed by atoms with van der Waals surface area (Å²) in [6.45, 7) is 0. The predicted octanol–water partition coefficient (Wildman–Crippen LogP) is 3.49. The number of nitrogens with zero attached hydrogens (tertiary/aromatic N) is 1. The number of nitro groups is 1. The minimum atomic E-state index is -0.465. The van der Waals surface area contributed by atoms with Crippen molar-refractivity contribution in [1.29, 1.82) is 0 Å². The molecule has 0 bridgehead atoms. The fourth-order valence-corrected chi connectivity index (χ4v) is 2.12. The topological polar surface area (TPSA) is 69.2 Å². The van der Waals surface area contributed by atoms with Gasteiger partial charge in [-0.2, -0.15) is 0 Å². The number of hydrogen-bond donors (Lipinski definition) is 1. The lowest BCUT2D eigenvalue weighted by atomic mass is 9.99. The molecular formula is C14H13ClN2O2. The number of nitrogens with two attached hydrogens (primary N) is 1. The van der Waals surface area contributed by atoms with Crippen LogP contribution in [0.25, 0.3) is 0 Å². The van der Waals surface area contributed by atoms with Gasteiger partial charge in [-0.3, -0.25) is 10.1 Å². The van der Waals surface area contributed by atoms with Crippen LogP contribution in [0, 0.1) is 10.1 Å². The molecule has 0 saturated heterocycles. The molecule has 0 spiro atoms. The van der Waals surface area contributed by atoms with Crippen LogP contribution in [0.3, 0.4) is 0 Å². The average molecular weight is 277 g/mol. The number of halogens is 1. The van der Waals surface area contributed by atoms with Crippen LogP contribution in [0.2, 0.25) is 5.02 Å². The first-order valence-corrected chi connectivity index (χ1v) is 6.19. The Balaban J connectivity index is 2.18. The predicted molar refractivity (Wildman–Crippen MR) is 75.2 cm³/mol. The smallest absolute Gasteiger partial charge is 0.270 e. The SMILES string of the molecule is NC(Cc1ccc([N+](=O)[O-])cc1Cl)c1ccccc1. The third-order valence-corrected chi connectivity index (χ3v) is 3.27. The van der Waals surface area contributed by atoms with E-state index in [1.807, 2.05) is 30.3 Å². The van der Waals surface area contributed by atoms with E-state index in [9.17, 15) is 10.1 Å². The molecule has 0 aliphatic heterocycles. The van der Waals surface area contributed by atoms with Gasteiger partial charge < -0.3 is 5.73 Å². The number of benzene rings is 2. The number of nitro benzene ring substituents is 1. The summed E-state index contributed by atoms with van der Waals surface area (Å²) in [5.41, 5.74) is 7.91. The summed E-state index contributed by atoms with van der Waals surface area (Å²) >= 11 is 6.05. The molecule has 0 saturated carbocycles. The van der Waals surface area contributed by atoms with Crippen molar-refractivity contribution in [2.24, 2.45) is 5.73 Å². The number of non-ortho nitro benzene ring substituents is 1. The molecule has 0 radical (unpaired) electrons. The lowest BCUT2D eigenvalue weighted by Gasteiger charge is -2.13. The Bertz CT molecular complexity index is 587. The van der Waals surface area contributed by atoms with Gasteiger partial charge in [0.15, 0.2) is 0 Å². The van der Waals surface area contributed by atoms with Crippen molar-refractivity contribution in [2.45, 2.75) is 12.5 Å². The molecule has 4 nitrogen and oxygen atoms in total. The Hall–Kier alpha value is -1.91. The molecule has 19 heavy (non-hydrogen) atoms. The highest BCUT2D eigenvalue weighted by atomic mass is 35.5. The van der Waals surface area contributed by atoms with Crippen molar-refractivity contribution in [2.75, 3.05) is 0 Å². The lowest BCUT2D eigenvalue weighted by molar-refractivity contribution is -0.384. The van der Waals surface area contributed by atoms with E-state index >= 15 is 0 Å². The van der Waals surface area contributed by atoms with Crippen molar-refractivity contribution >= 4 is 17.3 Å². The molecular weight excluding hydrogens is 264 g/mol. The Labute approximate surface area is 116 Å². The van der Waals surface area contributed by atoms with E-state index in [2.05, 4.69) is 0 Å². The van der Waals surface area contributed by atoms with Gasteiger partial charge in [0.25, 0.3) is 5.69 Å². The Morgan fingerprint density at radius 3 is 2.47 bits per heavy atom. The fourth-order valence-electron chi connectivity index (χ4n) is 1.87. The van der Waals surface area contributed by atoms with Gasteiger partial charge >= 0.3 is 0 Å². The molecule has 0 amide bonds. The molecule has 5 heteroatoms. The zero-order chi connectivity index (χ0) is 13.8. The molecule has 0 aliphatic carbocycles. The summed E-state index contributed by atoms with van der Waals surface area (Å²) < 4.78 is 0. The molecule has 0 fully saturated rings. The van der Waals surface area contributed by atoms with Crippen LogP contribution in [0.1, 0.15) is 17.2 Å². The van der Waals surface area contributed by atoms with Crippen molar-refractivity contribution in [1.82, 2.24) is 0 Å². The third kappa shape index (κ3) is 3.30. The van der Waals surface area contributed by atoms with Gasteiger partial charge in [0.2, 0.25) is 0 Å². The molecule has 1 atom stereocenters. The monoisotopic (exact) mass is 276 g/mol. The highest BCUT2D eigenvalue weighted by Crippen LogP contribution is 2.26. The molecule has 0 heterocycles. The second-order valence-corrected chi connectivity index (χ2v) is 4.66. The van der Waals surface area contributed by atoms with E-state index in [1.165, 1.54) is 12.1 Å². The van der Waals surface area contributed by atoms with Crippen molar-refractivity contribution in [3.05, 3.63) is 74.8 Å². The van der Waals surface area contributed by atoms with Crippen LogP contribution in [-0.2, 0) is 6.42 Å². The second-order valence-electron chi connectivity index (χ2n) is 4.25. The van der Waals surface area contributed by atoms with Gasteiger partial charge in [-0.15, -0.1) is 0 Å². The van der Waals surface area contributed by atoms with Crippen LogP contribution < -0.4 is 5.73 Å². The standard InChI is InChI=1S/C14H13ClN2O2/c15-13-9-12(17(18)19)7-6-11(13)8-14(16)10-4-2-1-3-5-10/h1-7,9,14H,8,16H2. The Morgan fingerprint density at radius 2 is 1.89 bits per heavy atom. The Morgan fingerprint density at radius 1 is 1.21 bits per heavy atom. The summed E-state index contributed by atoms with van der Waals surface area (Å²) in [4.78, 5) is 10.2. The van der Waals surface area contributed by atoms with Crippen LogP contribution >= 0.6 is 11.6 Å². The quantitative estimate of drug-likeness (QED) is 0.686. The number of rotatable bonds is 4. The van der Waals surface area contributed by atoms with E-state index in [0.29, 0.717) is 11.4 Å². The largest absolute Gasteiger partial charge is 0.324 e. The second kappa shape index (κ2) is 5.82. The van der Waals surface area contributed by atoms with Gasteiger partial charge in [-0.05, 0) is 17.5 Å². The summed E-state index contributed by atoms with van der Waals surface area (Å²) in [6, 6.07) is 13.9. The maximum atomic E-state index is 10.6. The normalized spacial score (nSPS) is 12.1. The highest BCUT2D eigenvalue weighted by Gasteiger charge is 2.13. The summed E-state index contributed by atoms with van der Waals surface area (Å²) in [5.74, 6) is 0. The molecule has 2 aromatic carbocycles. The van der Waals surface area contributed by atoms with Crippen molar-refractivity contribution < 1.29 is 4.92 Å². The molecule has 2 aromatic rings. The third-order valence-electron chi connectivity index (χ3n) is 2.92. The van der Waals surface area contributed by atoms with Gasteiger partial charge in [-0.25, -0.2) is 0 Å². The van der Waals surface area contributed by atoms with Crippen LogP contribution in [-0.4, -0.2) is 4.92 Å². The summed E-state index contributed by atoms with van der Waals surface area (Å²) in [5, 5.41) is 11.0. The summed E-state index contributed by atoms with van der Waals surface area (Å²) in [7, 11) is 0. The zero-order valence-electron chi connectivity index (χ0n) is 10.1. The van der Waals surface area contributed by atoms with Crippen LogP contribution in [0.15, 0.2) is 48.5 Å². The van der Waals surface area contributed by atoms with Crippen molar-refractivity contribution in [3.63, 3.8) is 0 Å². The Kier molecular flexibility index (Phi) is 4.14.